The average Bonchev–Trinajstić information content (AvgIpc) is 2.97. The number of oxime groups is 1. The maximum Gasteiger partial charge on any atom is 0.389 e. The van der Waals surface area contributed by atoms with Gasteiger partial charge in [-0.25, -0.2) is 0 Å². The molecule has 2 aliphatic rings. The highest BCUT2D eigenvalue weighted by molar-refractivity contribution is 6.30. The van der Waals surface area contributed by atoms with Gasteiger partial charge in [0, 0.05) is 43.8 Å². The highest BCUT2D eigenvalue weighted by atomic mass is 35.5. The van der Waals surface area contributed by atoms with E-state index in [1.54, 1.807) is 12.1 Å². The first-order valence-corrected chi connectivity index (χ1v) is 8.50. The van der Waals surface area contributed by atoms with Crippen LogP contribution in [0.3, 0.4) is 0 Å². The minimum atomic E-state index is -4.30. The second-order valence-corrected chi connectivity index (χ2v) is 6.93. The number of hydrogen-bond donors (Lipinski definition) is 0. The normalized spacial score (nSPS) is 19.7. The Morgan fingerprint density at radius 1 is 1.24 bits per heavy atom. The molecule has 2 heterocycles. The van der Waals surface area contributed by atoms with Gasteiger partial charge < -0.3 is 9.74 Å². The lowest BCUT2D eigenvalue weighted by atomic mass is 9.85. The molecule has 0 radical (unpaired) electrons. The number of piperidine rings is 1. The van der Waals surface area contributed by atoms with Crippen molar-refractivity contribution in [1.29, 1.82) is 0 Å². The van der Waals surface area contributed by atoms with Crippen molar-refractivity contribution in [2.75, 3.05) is 13.1 Å². The molecule has 4 nitrogen and oxygen atoms in total. The maximum atomic E-state index is 12.2. The van der Waals surface area contributed by atoms with Crippen LogP contribution in [0.2, 0.25) is 5.02 Å². The van der Waals surface area contributed by atoms with E-state index >= 15 is 0 Å². The fourth-order valence-corrected chi connectivity index (χ4v) is 3.28. The number of halogens is 4. The zero-order valence-corrected chi connectivity index (χ0v) is 14.2. The van der Waals surface area contributed by atoms with Crippen molar-refractivity contribution in [2.24, 2.45) is 5.16 Å². The first kappa shape index (κ1) is 18.0. The summed E-state index contributed by atoms with van der Waals surface area (Å²) in [6.45, 7) is 0.778. The van der Waals surface area contributed by atoms with Crippen molar-refractivity contribution < 1.29 is 22.8 Å². The van der Waals surface area contributed by atoms with Crippen LogP contribution < -0.4 is 0 Å². The van der Waals surface area contributed by atoms with Gasteiger partial charge >= 0.3 is 6.18 Å². The summed E-state index contributed by atoms with van der Waals surface area (Å²) in [5.41, 5.74) is 1.30. The van der Waals surface area contributed by atoms with Gasteiger partial charge in [0.15, 0.2) is 0 Å². The highest BCUT2D eigenvalue weighted by Gasteiger charge is 2.43. The number of carbonyl (C=O) groups excluding carboxylic acids is 1. The Morgan fingerprint density at radius 2 is 1.88 bits per heavy atom. The van der Waals surface area contributed by atoms with Crippen LogP contribution in [0, 0.1) is 0 Å². The third-order valence-electron chi connectivity index (χ3n) is 4.67. The number of rotatable bonds is 3. The molecule has 8 heteroatoms. The predicted octanol–water partition coefficient (Wildman–Crippen LogP) is 4.17. The van der Waals surface area contributed by atoms with Gasteiger partial charge in [0.25, 0.3) is 0 Å². The summed E-state index contributed by atoms with van der Waals surface area (Å²) < 4.78 is 36.7. The fourth-order valence-electron chi connectivity index (χ4n) is 3.16. The lowest BCUT2D eigenvalue weighted by Gasteiger charge is -2.37. The van der Waals surface area contributed by atoms with Crippen molar-refractivity contribution in [2.45, 2.75) is 43.9 Å². The number of carbonyl (C=O) groups is 1. The van der Waals surface area contributed by atoms with E-state index in [1.807, 2.05) is 12.1 Å². The average molecular weight is 375 g/mol. The largest absolute Gasteiger partial charge is 0.389 e. The monoisotopic (exact) mass is 374 g/mol. The van der Waals surface area contributed by atoms with Gasteiger partial charge in [0.05, 0.1) is 12.1 Å². The first-order valence-electron chi connectivity index (χ1n) is 8.12. The first-order chi connectivity index (χ1) is 11.8. The molecule has 0 N–H and O–H groups in total. The van der Waals surface area contributed by atoms with Crippen molar-refractivity contribution in [3.05, 3.63) is 34.9 Å². The van der Waals surface area contributed by atoms with Gasteiger partial charge in [-0.15, -0.1) is 0 Å². The van der Waals surface area contributed by atoms with E-state index in [2.05, 4.69) is 5.16 Å². The topological polar surface area (TPSA) is 41.9 Å². The highest BCUT2D eigenvalue weighted by Crippen LogP contribution is 2.36. The Bertz CT molecular complexity index is 665. The van der Waals surface area contributed by atoms with Crippen molar-refractivity contribution >= 4 is 23.2 Å². The van der Waals surface area contributed by atoms with Crippen LogP contribution >= 0.6 is 11.6 Å². The minimum absolute atomic E-state index is 0.389. The summed E-state index contributed by atoms with van der Waals surface area (Å²) >= 11 is 5.88. The minimum Gasteiger partial charge on any atom is -0.388 e. The molecule has 0 aliphatic carbocycles. The van der Waals surface area contributed by atoms with Crippen LogP contribution in [-0.2, 0) is 9.63 Å². The summed E-state index contributed by atoms with van der Waals surface area (Å²) in [5, 5.41) is 4.81. The molecule has 25 heavy (non-hydrogen) atoms. The number of hydrogen-bond acceptors (Lipinski definition) is 3. The molecule has 1 spiro atoms. The Labute approximate surface area is 148 Å². The molecule has 0 aromatic heterocycles. The van der Waals surface area contributed by atoms with E-state index < -0.39 is 30.5 Å². The van der Waals surface area contributed by atoms with E-state index in [9.17, 15) is 18.0 Å². The second-order valence-electron chi connectivity index (χ2n) is 6.49. The van der Waals surface area contributed by atoms with E-state index in [-0.39, 0.29) is 0 Å². The molecule has 0 unspecified atom stereocenters. The van der Waals surface area contributed by atoms with Gasteiger partial charge in [0.1, 0.15) is 5.60 Å². The number of likely N-dealkylation sites (tertiary alicyclic amines) is 1. The van der Waals surface area contributed by atoms with E-state index in [4.69, 9.17) is 16.4 Å². The molecule has 1 aromatic rings. The van der Waals surface area contributed by atoms with Crippen LogP contribution in [0.15, 0.2) is 29.4 Å². The van der Waals surface area contributed by atoms with Gasteiger partial charge in [-0.1, -0.05) is 28.9 Å². The third-order valence-corrected chi connectivity index (χ3v) is 4.92. The van der Waals surface area contributed by atoms with E-state index in [0.717, 1.165) is 11.3 Å². The zero-order chi connectivity index (χ0) is 18.1. The predicted molar refractivity (Wildman–Crippen MR) is 87.5 cm³/mol. The summed E-state index contributed by atoms with van der Waals surface area (Å²) in [4.78, 5) is 19.1. The molecule has 1 fully saturated rings. The van der Waals surface area contributed by atoms with Gasteiger partial charge in [-0.2, -0.15) is 13.2 Å². The zero-order valence-electron chi connectivity index (χ0n) is 13.5. The SMILES string of the molecule is O=C(CCC(F)(F)F)N1CCC2(CC1)CC(c1ccc(Cl)cc1)=NO2. The quantitative estimate of drug-likeness (QED) is 0.797. The van der Waals surface area contributed by atoms with E-state index in [0.29, 0.717) is 37.4 Å². The summed E-state index contributed by atoms with van der Waals surface area (Å²) in [6, 6.07) is 7.32. The van der Waals surface area contributed by atoms with Crippen LogP contribution in [0.1, 0.15) is 37.7 Å². The van der Waals surface area contributed by atoms with Crippen LogP contribution in [-0.4, -0.2) is 41.4 Å². The van der Waals surface area contributed by atoms with Crippen molar-refractivity contribution in [3.63, 3.8) is 0 Å². The molecule has 2 aliphatic heterocycles. The number of benzene rings is 1. The number of nitrogens with zero attached hydrogens (tertiary/aromatic N) is 2. The Kier molecular flexibility index (Phi) is 4.95. The second kappa shape index (κ2) is 6.86. The summed E-state index contributed by atoms with van der Waals surface area (Å²) in [7, 11) is 0. The Balaban J connectivity index is 1.53. The molecule has 0 atom stereocenters. The fraction of sp³-hybridized carbons (Fsp3) is 0.529. The Morgan fingerprint density at radius 3 is 2.48 bits per heavy atom. The molecule has 0 bridgehead atoms. The van der Waals surface area contributed by atoms with Crippen LogP contribution in [0.5, 0.6) is 0 Å². The molecule has 3 rings (SSSR count). The third kappa shape index (κ3) is 4.45. The lowest BCUT2D eigenvalue weighted by Crippen LogP contribution is -2.47. The molecular weight excluding hydrogens is 357 g/mol. The van der Waals surface area contributed by atoms with Gasteiger partial charge in [-0.3, -0.25) is 4.79 Å². The molecule has 136 valence electrons. The molecule has 1 aromatic carbocycles. The molecule has 1 saturated heterocycles. The van der Waals surface area contributed by atoms with Crippen LogP contribution in [0.25, 0.3) is 0 Å². The van der Waals surface area contributed by atoms with Gasteiger partial charge in [-0.05, 0) is 17.7 Å². The standard InChI is InChI=1S/C17H18ClF3N2O2/c18-13-3-1-12(2-4-13)14-11-16(25-22-14)7-9-23(10-8-16)15(24)5-6-17(19,20)21/h1-4H,5-11H2. The number of amides is 1. The smallest absolute Gasteiger partial charge is 0.388 e. The Hall–Kier alpha value is -1.76. The van der Waals surface area contributed by atoms with Gasteiger partial charge in [0.2, 0.25) is 5.91 Å². The van der Waals surface area contributed by atoms with Crippen LogP contribution in [0.4, 0.5) is 13.2 Å². The summed E-state index contributed by atoms with van der Waals surface area (Å²) in [6.07, 6.45) is -4.13. The molecular formula is C17H18ClF3N2O2. The molecule has 1 amide bonds. The maximum absolute atomic E-state index is 12.2. The lowest BCUT2D eigenvalue weighted by molar-refractivity contribution is -0.152. The summed E-state index contributed by atoms with van der Waals surface area (Å²) in [5.74, 6) is -0.455. The molecule has 0 saturated carbocycles. The van der Waals surface area contributed by atoms with Crippen molar-refractivity contribution in [3.8, 4) is 0 Å². The number of alkyl halides is 3. The van der Waals surface area contributed by atoms with E-state index in [1.165, 1.54) is 4.90 Å². The van der Waals surface area contributed by atoms with Crippen molar-refractivity contribution in [1.82, 2.24) is 4.90 Å².